The minimum Gasteiger partial charge on any atom is -0.489 e. The average molecular weight is 615 g/mol. The van der Waals surface area contributed by atoms with Crippen LogP contribution in [0.4, 0.5) is 0 Å². The molecule has 1 aliphatic carbocycles. The van der Waals surface area contributed by atoms with E-state index in [1.54, 1.807) is 30.3 Å². The number of aliphatic hydroxyl groups excluding tert-OH is 1. The van der Waals surface area contributed by atoms with Gasteiger partial charge in [0.2, 0.25) is 5.78 Å². The van der Waals surface area contributed by atoms with E-state index in [9.17, 15) is 14.7 Å². The Morgan fingerprint density at radius 1 is 1.02 bits per heavy atom. The molecule has 9 heteroatoms. The third kappa shape index (κ3) is 6.53. The summed E-state index contributed by atoms with van der Waals surface area (Å²) in [5.41, 5.74) is 4.80. The minimum absolute atomic E-state index is 0.202. The van der Waals surface area contributed by atoms with Crippen molar-refractivity contribution >= 4 is 34.2 Å². The van der Waals surface area contributed by atoms with Crippen molar-refractivity contribution in [3.8, 4) is 16.9 Å². The number of ether oxygens (including phenoxy) is 1. The van der Waals surface area contributed by atoms with Gasteiger partial charge in [-0.1, -0.05) is 54.1 Å². The number of benzene rings is 3. The first-order valence-corrected chi connectivity index (χ1v) is 15.9. The van der Waals surface area contributed by atoms with Gasteiger partial charge in [0, 0.05) is 29.2 Å². The molecule has 6 rings (SSSR count). The first-order chi connectivity index (χ1) is 21.2. The Bertz CT molecular complexity index is 1670. The van der Waals surface area contributed by atoms with E-state index in [4.69, 9.17) is 21.4 Å². The second kappa shape index (κ2) is 12.7. The van der Waals surface area contributed by atoms with Gasteiger partial charge in [0.05, 0.1) is 22.7 Å². The second-order valence-corrected chi connectivity index (χ2v) is 12.7. The van der Waals surface area contributed by atoms with Gasteiger partial charge in [-0.3, -0.25) is 14.3 Å². The smallest absolute Gasteiger partial charge is 0.292 e. The van der Waals surface area contributed by atoms with Crippen molar-refractivity contribution in [2.24, 2.45) is 0 Å². The highest BCUT2D eigenvalue weighted by Gasteiger charge is 2.30. The van der Waals surface area contributed by atoms with Crippen molar-refractivity contribution in [3.05, 3.63) is 82.5 Å². The Morgan fingerprint density at radius 3 is 2.39 bits per heavy atom. The summed E-state index contributed by atoms with van der Waals surface area (Å²) in [6.07, 6.45) is 3.30. The van der Waals surface area contributed by atoms with Gasteiger partial charge in [-0.2, -0.15) is 5.10 Å². The number of aliphatic hydroxyl groups is 1. The number of nitrogens with zero attached hydrogens (tertiary/aromatic N) is 3. The highest BCUT2D eigenvalue weighted by Crippen LogP contribution is 2.34. The number of rotatable bonds is 11. The van der Waals surface area contributed by atoms with Crippen LogP contribution in [-0.4, -0.2) is 63.3 Å². The van der Waals surface area contributed by atoms with E-state index in [1.807, 2.05) is 28.9 Å². The van der Waals surface area contributed by atoms with Crippen molar-refractivity contribution in [3.63, 3.8) is 0 Å². The molecule has 8 nitrogen and oxygen atoms in total. The normalized spacial score (nSPS) is 16.8. The number of hydrogen-bond acceptors (Lipinski definition) is 6. The third-order valence-electron chi connectivity index (χ3n) is 8.59. The number of fused-ring (bicyclic) bond motifs is 1. The summed E-state index contributed by atoms with van der Waals surface area (Å²) in [4.78, 5) is 28.7. The molecule has 2 unspecified atom stereocenters. The predicted molar refractivity (Wildman–Crippen MR) is 172 cm³/mol. The van der Waals surface area contributed by atoms with Gasteiger partial charge in [-0.05, 0) is 94.4 Å². The topological polar surface area (TPSA) is 96.7 Å². The van der Waals surface area contributed by atoms with E-state index in [0.29, 0.717) is 22.9 Å². The number of hydrogen-bond donors (Lipinski definition) is 2. The van der Waals surface area contributed by atoms with Crippen LogP contribution >= 0.6 is 11.6 Å². The Hall–Kier alpha value is -3.72. The van der Waals surface area contributed by atoms with Gasteiger partial charge >= 0.3 is 0 Å². The van der Waals surface area contributed by atoms with Crippen molar-refractivity contribution in [1.29, 1.82) is 0 Å². The first-order valence-electron chi connectivity index (χ1n) is 15.5. The Balaban J connectivity index is 1.17. The van der Waals surface area contributed by atoms with E-state index in [0.717, 1.165) is 66.5 Å². The fraction of sp³-hybridized carbons (Fsp3) is 0.400. The van der Waals surface area contributed by atoms with Crippen molar-refractivity contribution in [2.45, 2.75) is 70.7 Å². The molecule has 2 heterocycles. The zero-order valence-corrected chi connectivity index (χ0v) is 26.2. The van der Waals surface area contributed by atoms with Crippen LogP contribution in [0.1, 0.15) is 73.3 Å². The molecule has 1 amide bonds. The number of nitrogens with one attached hydrogen (secondary N) is 1. The Kier molecular flexibility index (Phi) is 8.76. The number of carbonyl (C=O) groups is 2. The fourth-order valence-corrected chi connectivity index (χ4v) is 6.19. The lowest BCUT2D eigenvalue weighted by atomic mass is 9.99. The molecule has 1 saturated heterocycles. The SMILES string of the molecule is Cc1c2ccc(-c3ccc(C(=O)C(=O)NC(CN4CCCC4)C(O)c4ccc(OC5CC5)c(Cl)c4)cc3)cc2nn1C(C)C. The molecule has 1 aliphatic heterocycles. The van der Waals surface area contributed by atoms with Crippen molar-refractivity contribution in [2.75, 3.05) is 19.6 Å². The highest BCUT2D eigenvalue weighted by atomic mass is 35.5. The van der Waals surface area contributed by atoms with Crippen LogP contribution in [0.25, 0.3) is 22.0 Å². The molecule has 0 spiro atoms. The molecule has 2 aliphatic rings. The van der Waals surface area contributed by atoms with Crippen LogP contribution in [0.2, 0.25) is 5.02 Å². The zero-order chi connectivity index (χ0) is 31.0. The Labute approximate surface area is 263 Å². The first kappa shape index (κ1) is 30.3. The molecule has 1 saturated carbocycles. The molecule has 2 atom stereocenters. The largest absolute Gasteiger partial charge is 0.489 e. The third-order valence-corrected chi connectivity index (χ3v) is 8.88. The second-order valence-electron chi connectivity index (χ2n) is 12.3. The van der Waals surface area contributed by atoms with Crippen LogP contribution in [0.5, 0.6) is 5.75 Å². The summed E-state index contributed by atoms with van der Waals surface area (Å²) in [5, 5.41) is 20.5. The van der Waals surface area contributed by atoms with E-state index in [2.05, 4.69) is 37.1 Å². The number of carbonyl (C=O) groups excluding carboxylic acids is 2. The monoisotopic (exact) mass is 614 g/mol. The quantitative estimate of drug-likeness (QED) is 0.152. The van der Waals surface area contributed by atoms with E-state index >= 15 is 0 Å². The van der Waals surface area contributed by atoms with Gasteiger partial charge < -0.3 is 20.1 Å². The summed E-state index contributed by atoms with van der Waals surface area (Å²) in [7, 11) is 0. The summed E-state index contributed by atoms with van der Waals surface area (Å²) in [5.74, 6) is -0.816. The summed E-state index contributed by atoms with van der Waals surface area (Å²) in [6, 6.07) is 18.0. The maximum Gasteiger partial charge on any atom is 0.292 e. The van der Waals surface area contributed by atoms with Gasteiger partial charge in [0.1, 0.15) is 11.9 Å². The zero-order valence-electron chi connectivity index (χ0n) is 25.4. The summed E-state index contributed by atoms with van der Waals surface area (Å²) in [6.45, 7) is 8.48. The molecule has 0 radical (unpaired) electrons. The standard InChI is InChI=1S/C35H39ClN4O4/c1-21(2)40-22(3)28-14-10-25(19-30(28)38-40)23-6-8-24(9-7-23)34(42)35(43)37-31(20-39-16-4-5-17-39)33(41)26-11-15-32(29(36)18-26)44-27-12-13-27/h6-11,14-15,18-19,21,27,31,33,41H,4-5,12-13,16-17,20H2,1-3H3,(H,37,43). The lowest BCUT2D eigenvalue weighted by Crippen LogP contribution is -2.48. The average Bonchev–Trinajstić information content (AvgIpc) is 3.57. The van der Waals surface area contributed by atoms with Crippen LogP contribution in [0, 0.1) is 6.92 Å². The van der Waals surface area contributed by atoms with E-state index in [-0.39, 0.29) is 17.7 Å². The Morgan fingerprint density at radius 2 is 1.73 bits per heavy atom. The van der Waals surface area contributed by atoms with Gasteiger partial charge in [-0.15, -0.1) is 0 Å². The maximum absolute atomic E-state index is 13.3. The number of aromatic nitrogens is 2. The van der Waals surface area contributed by atoms with Crippen molar-refractivity contribution in [1.82, 2.24) is 20.0 Å². The lowest BCUT2D eigenvalue weighted by molar-refractivity contribution is -0.118. The number of likely N-dealkylation sites (tertiary alicyclic amines) is 1. The molecule has 44 heavy (non-hydrogen) atoms. The van der Waals surface area contributed by atoms with Crippen molar-refractivity contribution < 1.29 is 19.4 Å². The lowest BCUT2D eigenvalue weighted by Gasteiger charge is -2.28. The molecule has 4 aromatic rings. The minimum atomic E-state index is -1.06. The van der Waals surface area contributed by atoms with Gasteiger partial charge in [0.15, 0.2) is 0 Å². The molecule has 2 N–H and O–H groups in total. The molecule has 0 bridgehead atoms. The molecular formula is C35H39ClN4O4. The number of Topliss-reactive ketones (excluding diaryl/α,β-unsaturated/α-hetero) is 1. The van der Waals surface area contributed by atoms with Crippen LogP contribution in [0.3, 0.4) is 0 Å². The number of halogens is 1. The maximum atomic E-state index is 13.3. The molecule has 3 aromatic carbocycles. The van der Waals surface area contributed by atoms with E-state index in [1.165, 1.54) is 0 Å². The van der Waals surface area contributed by atoms with Crippen LogP contribution in [-0.2, 0) is 4.79 Å². The molecular weight excluding hydrogens is 576 g/mol. The molecule has 230 valence electrons. The van der Waals surface area contributed by atoms with Crippen LogP contribution < -0.4 is 10.1 Å². The molecule has 1 aromatic heterocycles. The number of amides is 1. The van der Waals surface area contributed by atoms with Gasteiger partial charge in [-0.25, -0.2) is 0 Å². The summed E-state index contributed by atoms with van der Waals surface area (Å²) < 4.78 is 7.86. The fourth-order valence-electron chi connectivity index (χ4n) is 5.96. The molecule has 2 fully saturated rings. The number of aryl methyl sites for hydroxylation is 1. The summed E-state index contributed by atoms with van der Waals surface area (Å²) >= 11 is 6.47. The predicted octanol–water partition coefficient (Wildman–Crippen LogP) is 6.28. The number of ketones is 1. The van der Waals surface area contributed by atoms with E-state index < -0.39 is 23.8 Å². The van der Waals surface area contributed by atoms with Gasteiger partial charge in [0.25, 0.3) is 5.91 Å². The van der Waals surface area contributed by atoms with Crippen LogP contribution in [0.15, 0.2) is 60.7 Å². The highest BCUT2D eigenvalue weighted by molar-refractivity contribution is 6.42.